The summed E-state index contributed by atoms with van der Waals surface area (Å²) in [4.78, 5) is 0. The SMILES string of the molecule is Nc1nn(C2CC2)cc1Br. The van der Waals surface area contributed by atoms with Crippen LogP contribution in [0, 0.1) is 0 Å². The van der Waals surface area contributed by atoms with Gasteiger partial charge in [-0.1, -0.05) is 0 Å². The van der Waals surface area contributed by atoms with Gasteiger partial charge < -0.3 is 5.73 Å². The second kappa shape index (κ2) is 1.99. The van der Waals surface area contributed by atoms with Crippen LogP contribution in [0.3, 0.4) is 0 Å². The molecule has 0 unspecified atom stereocenters. The van der Waals surface area contributed by atoms with Crippen molar-refractivity contribution in [3.05, 3.63) is 10.7 Å². The number of rotatable bonds is 1. The topological polar surface area (TPSA) is 43.8 Å². The second-order valence-corrected chi connectivity index (χ2v) is 3.43. The Morgan fingerprint density at radius 3 is 2.80 bits per heavy atom. The highest BCUT2D eigenvalue weighted by molar-refractivity contribution is 9.10. The molecule has 2 rings (SSSR count). The molecule has 54 valence electrons. The molecule has 1 fully saturated rings. The summed E-state index contributed by atoms with van der Waals surface area (Å²) in [5.41, 5.74) is 5.53. The largest absolute Gasteiger partial charge is 0.381 e. The van der Waals surface area contributed by atoms with Crippen molar-refractivity contribution in [2.24, 2.45) is 0 Å². The van der Waals surface area contributed by atoms with Gasteiger partial charge in [0.05, 0.1) is 10.5 Å². The summed E-state index contributed by atoms with van der Waals surface area (Å²) in [7, 11) is 0. The monoisotopic (exact) mass is 201 g/mol. The van der Waals surface area contributed by atoms with E-state index in [1.165, 1.54) is 12.8 Å². The molecule has 0 bridgehead atoms. The molecule has 1 aliphatic rings. The normalized spacial score (nSPS) is 17.7. The van der Waals surface area contributed by atoms with E-state index in [4.69, 9.17) is 5.73 Å². The van der Waals surface area contributed by atoms with Gasteiger partial charge in [0, 0.05) is 6.20 Å². The van der Waals surface area contributed by atoms with Crippen molar-refractivity contribution >= 4 is 21.7 Å². The summed E-state index contributed by atoms with van der Waals surface area (Å²) in [5, 5.41) is 4.12. The fourth-order valence-electron chi connectivity index (χ4n) is 0.909. The Balaban J connectivity index is 2.34. The van der Waals surface area contributed by atoms with Gasteiger partial charge in [0.15, 0.2) is 5.82 Å². The van der Waals surface area contributed by atoms with Crippen LogP contribution in [0.25, 0.3) is 0 Å². The summed E-state index contributed by atoms with van der Waals surface area (Å²) in [5.74, 6) is 0.590. The Kier molecular flexibility index (Phi) is 1.23. The molecule has 1 heterocycles. The van der Waals surface area contributed by atoms with Gasteiger partial charge in [0.2, 0.25) is 0 Å². The summed E-state index contributed by atoms with van der Waals surface area (Å²) in [6.45, 7) is 0. The van der Waals surface area contributed by atoms with Crippen molar-refractivity contribution in [3.8, 4) is 0 Å². The molecule has 0 saturated heterocycles. The Morgan fingerprint density at radius 2 is 2.40 bits per heavy atom. The standard InChI is InChI=1S/C6H8BrN3/c7-5-3-10(4-1-2-4)9-6(5)8/h3-4H,1-2H2,(H2,8,9). The molecule has 0 amide bonds. The number of nitrogens with two attached hydrogens (primary N) is 1. The van der Waals surface area contributed by atoms with Crippen LogP contribution in [-0.2, 0) is 0 Å². The van der Waals surface area contributed by atoms with Gasteiger partial charge in [-0.05, 0) is 28.8 Å². The highest BCUT2D eigenvalue weighted by Gasteiger charge is 2.24. The number of hydrogen-bond acceptors (Lipinski definition) is 2. The molecule has 1 aliphatic carbocycles. The summed E-state index contributed by atoms with van der Waals surface area (Å²) in [6.07, 6.45) is 4.42. The lowest BCUT2D eigenvalue weighted by molar-refractivity contribution is 0.644. The Morgan fingerprint density at radius 1 is 1.70 bits per heavy atom. The van der Waals surface area contributed by atoms with Crippen molar-refractivity contribution in [3.63, 3.8) is 0 Å². The Bertz CT molecular complexity index is 232. The molecular formula is C6H8BrN3. The number of hydrogen-bond donors (Lipinski definition) is 1. The minimum atomic E-state index is 0.590. The maximum Gasteiger partial charge on any atom is 0.159 e. The molecule has 3 nitrogen and oxygen atoms in total. The van der Waals surface area contributed by atoms with Crippen LogP contribution < -0.4 is 5.73 Å². The summed E-state index contributed by atoms with van der Waals surface area (Å²) >= 11 is 3.30. The lowest BCUT2D eigenvalue weighted by Gasteiger charge is -1.91. The number of halogens is 1. The quantitative estimate of drug-likeness (QED) is 0.750. The van der Waals surface area contributed by atoms with Crippen LogP contribution in [0.2, 0.25) is 0 Å². The van der Waals surface area contributed by atoms with Crippen LogP contribution in [0.4, 0.5) is 5.82 Å². The van der Waals surface area contributed by atoms with E-state index in [1.807, 2.05) is 10.9 Å². The Labute approximate surface area is 67.3 Å². The van der Waals surface area contributed by atoms with Crippen LogP contribution in [-0.4, -0.2) is 9.78 Å². The van der Waals surface area contributed by atoms with Crippen molar-refractivity contribution in [2.75, 3.05) is 5.73 Å². The second-order valence-electron chi connectivity index (χ2n) is 2.57. The maximum atomic E-state index is 5.53. The zero-order valence-electron chi connectivity index (χ0n) is 5.42. The summed E-state index contributed by atoms with van der Waals surface area (Å²) < 4.78 is 2.83. The lowest BCUT2D eigenvalue weighted by atomic mass is 10.6. The predicted octanol–water partition coefficient (Wildman–Crippen LogP) is 1.56. The molecule has 4 heteroatoms. The third kappa shape index (κ3) is 0.923. The third-order valence-electron chi connectivity index (χ3n) is 1.63. The van der Waals surface area contributed by atoms with Crippen molar-refractivity contribution in [1.82, 2.24) is 9.78 Å². The average molecular weight is 202 g/mol. The molecule has 10 heavy (non-hydrogen) atoms. The molecule has 0 aliphatic heterocycles. The molecule has 0 spiro atoms. The number of anilines is 1. The van der Waals surface area contributed by atoms with Crippen LogP contribution >= 0.6 is 15.9 Å². The number of nitrogen functional groups attached to an aromatic ring is 1. The molecule has 1 saturated carbocycles. The molecule has 0 radical (unpaired) electrons. The smallest absolute Gasteiger partial charge is 0.159 e. The van der Waals surface area contributed by atoms with E-state index in [2.05, 4.69) is 21.0 Å². The van der Waals surface area contributed by atoms with E-state index in [0.29, 0.717) is 11.9 Å². The van der Waals surface area contributed by atoms with Gasteiger partial charge in [0.25, 0.3) is 0 Å². The molecule has 1 aromatic heterocycles. The van der Waals surface area contributed by atoms with Gasteiger partial charge >= 0.3 is 0 Å². The fraction of sp³-hybridized carbons (Fsp3) is 0.500. The average Bonchev–Trinajstić information content (AvgIpc) is 2.64. The zero-order chi connectivity index (χ0) is 7.14. The van der Waals surface area contributed by atoms with E-state index >= 15 is 0 Å². The van der Waals surface area contributed by atoms with Gasteiger partial charge in [-0.2, -0.15) is 5.10 Å². The molecule has 2 N–H and O–H groups in total. The van der Waals surface area contributed by atoms with Crippen molar-refractivity contribution < 1.29 is 0 Å². The van der Waals surface area contributed by atoms with E-state index in [0.717, 1.165) is 4.47 Å². The molecule has 0 aromatic carbocycles. The predicted molar refractivity (Wildman–Crippen MR) is 42.6 cm³/mol. The minimum absolute atomic E-state index is 0.590. The number of nitrogens with zero attached hydrogens (tertiary/aromatic N) is 2. The van der Waals surface area contributed by atoms with Gasteiger partial charge in [0.1, 0.15) is 0 Å². The molecule has 0 atom stereocenters. The van der Waals surface area contributed by atoms with Crippen LogP contribution in [0.1, 0.15) is 18.9 Å². The highest BCUT2D eigenvalue weighted by atomic mass is 79.9. The third-order valence-corrected chi connectivity index (χ3v) is 2.25. The van der Waals surface area contributed by atoms with Crippen molar-refractivity contribution in [2.45, 2.75) is 18.9 Å². The first-order valence-corrected chi connectivity index (χ1v) is 4.07. The van der Waals surface area contributed by atoms with E-state index < -0.39 is 0 Å². The zero-order valence-corrected chi connectivity index (χ0v) is 7.00. The summed E-state index contributed by atoms with van der Waals surface area (Å²) in [6, 6.07) is 0.619. The van der Waals surface area contributed by atoms with E-state index in [9.17, 15) is 0 Å². The number of aromatic nitrogens is 2. The first-order valence-electron chi connectivity index (χ1n) is 3.27. The van der Waals surface area contributed by atoms with Crippen molar-refractivity contribution in [1.29, 1.82) is 0 Å². The highest BCUT2D eigenvalue weighted by Crippen LogP contribution is 2.35. The molecular weight excluding hydrogens is 194 g/mol. The van der Waals surface area contributed by atoms with Gasteiger partial charge in [-0.15, -0.1) is 0 Å². The first kappa shape index (κ1) is 6.22. The van der Waals surface area contributed by atoms with Crippen LogP contribution in [0.5, 0.6) is 0 Å². The lowest BCUT2D eigenvalue weighted by Crippen LogP contribution is -1.95. The van der Waals surface area contributed by atoms with Gasteiger partial charge in [-0.25, -0.2) is 0 Å². The van der Waals surface area contributed by atoms with Crippen LogP contribution in [0.15, 0.2) is 10.7 Å². The van der Waals surface area contributed by atoms with E-state index in [-0.39, 0.29) is 0 Å². The first-order chi connectivity index (χ1) is 4.77. The van der Waals surface area contributed by atoms with E-state index in [1.54, 1.807) is 0 Å². The Hall–Kier alpha value is -0.510. The molecule has 1 aromatic rings. The van der Waals surface area contributed by atoms with Gasteiger partial charge in [-0.3, -0.25) is 4.68 Å². The minimum Gasteiger partial charge on any atom is -0.381 e. The fourth-order valence-corrected chi connectivity index (χ4v) is 1.20. The maximum absolute atomic E-state index is 5.53.